The van der Waals surface area contributed by atoms with Crippen LogP contribution in [-0.4, -0.2) is 47.8 Å². The Labute approximate surface area is 232 Å². The van der Waals surface area contributed by atoms with E-state index in [4.69, 9.17) is 28.8 Å². The highest BCUT2D eigenvalue weighted by molar-refractivity contribution is 5.89. The summed E-state index contributed by atoms with van der Waals surface area (Å²) in [6.07, 6.45) is 2.72. The molecule has 0 fully saturated rings. The van der Waals surface area contributed by atoms with E-state index in [9.17, 15) is 9.59 Å². The highest BCUT2D eigenvalue weighted by Crippen LogP contribution is 2.16. The maximum atomic E-state index is 11.5. The predicted molar refractivity (Wildman–Crippen MR) is 146 cm³/mol. The van der Waals surface area contributed by atoms with E-state index in [0.717, 1.165) is 22.6 Å². The van der Waals surface area contributed by atoms with Gasteiger partial charge in [0.25, 0.3) is 0 Å². The smallest absolute Gasteiger partial charge is 0.339 e. The first-order valence-electron chi connectivity index (χ1n) is 12.3. The lowest BCUT2D eigenvalue weighted by atomic mass is 10.2. The third kappa shape index (κ3) is 9.32. The molecular weight excluding hydrogens is 516 g/mol. The van der Waals surface area contributed by atoms with Gasteiger partial charge in [0.05, 0.1) is 32.0 Å². The average molecular weight is 547 g/mol. The Bertz CT molecular complexity index is 1340. The normalized spacial score (nSPS) is 9.97. The van der Waals surface area contributed by atoms with Crippen molar-refractivity contribution in [3.05, 3.63) is 107 Å². The van der Waals surface area contributed by atoms with Crippen LogP contribution in [0.3, 0.4) is 0 Å². The Morgan fingerprint density at radius 3 is 1.48 bits per heavy atom. The fourth-order valence-electron chi connectivity index (χ4n) is 3.15. The van der Waals surface area contributed by atoms with Gasteiger partial charge in [-0.3, -0.25) is 0 Å². The lowest BCUT2D eigenvalue weighted by Gasteiger charge is -2.07. The fraction of sp³-hybridized carbons (Fsp3) is 0.200. The molecule has 4 rings (SSSR count). The summed E-state index contributed by atoms with van der Waals surface area (Å²) in [4.78, 5) is 30.1. The van der Waals surface area contributed by atoms with Gasteiger partial charge in [-0.05, 0) is 54.4 Å². The van der Waals surface area contributed by atoms with Crippen LogP contribution in [-0.2, 0) is 18.0 Å². The number of carboxylic acids is 1. The van der Waals surface area contributed by atoms with Crippen LogP contribution < -0.4 is 18.9 Å². The van der Waals surface area contributed by atoms with Crippen molar-refractivity contribution >= 4 is 11.9 Å². The van der Waals surface area contributed by atoms with E-state index in [0.29, 0.717) is 37.1 Å². The van der Waals surface area contributed by atoms with E-state index < -0.39 is 5.97 Å². The fourth-order valence-corrected chi connectivity index (χ4v) is 3.15. The molecule has 2 aromatic carbocycles. The molecule has 0 amide bonds. The maximum Gasteiger partial charge on any atom is 0.339 e. The molecule has 2 aromatic heterocycles. The molecule has 10 nitrogen and oxygen atoms in total. The van der Waals surface area contributed by atoms with Gasteiger partial charge >= 0.3 is 11.9 Å². The summed E-state index contributed by atoms with van der Waals surface area (Å²) < 4.78 is 26.0. The van der Waals surface area contributed by atoms with Crippen LogP contribution in [0.1, 0.15) is 38.8 Å². The monoisotopic (exact) mass is 546 g/mol. The van der Waals surface area contributed by atoms with Crippen molar-refractivity contribution in [2.24, 2.45) is 0 Å². The number of carbonyl (C=O) groups excluding carboxylic acids is 1. The SMILES string of the molecule is CCOC(=O)c1ccc(OCc2ccc(OC)cc2)nc1.COc1ccc(COc2ccc(C(=O)O)cn2)cc1. The van der Waals surface area contributed by atoms with E-state index in [1.165, 1.54) is 24.5 Å². The van der Waals surface area contributed by atoms with Gasteiger partial charge in [0, 0.05) is 24.5 Å². The first-order chi connectivity index (χ1) is 19.4. The lowest BCUT2D eigenvalue weighted by Crippen LogP contribution is -2.05. The van der Waals surface area contributed by atoms with Crippen LogP contribution in [0.25, 0.3) is 0 Å². The number of methoxy groups -OCH3 is 2. The molecule has 40 heavy (non-hydrogen) atoms. The van der Waals surface area contributed by atoms with Crippen molar-refractivity contribution in [1.29, 1.82) is 0 Å². The summed E-state index contributed by atoms with van der Waals surface area (Å²) >= 11 is 0. The highest BCUT2D eigenvalue weighted by atomic mass is 16.5. The van der Waals surface area contributed by atoms with Gasteiger partial charge in [-0.25, -0.2) is 19.6 Å². The Hall–Kier alpha value is -5.12. The zero-order valence-electron chi connectivity index (χ0n) is 22.4. The second kappa shape index (κ2) is 15.3. The number of ether oxygens (including phenoxy) is 5. The molecule has 0 saturated heterocycles. The van der Waals surface area contributed by atoms with Crippen LogP contribution in [0.15, 0.2) is 85.2 Å². The number of esters is 1. The topological polar surface area (TPSA) is 126 Å². The average Bonchev–Trinajstić information content (AvgIpc) is 3.00. The lowest BCUT2D eigenvalue weighted by molar-refractivity contribution is 0.0525. The molecule has 1 N–H and O–H groups in total. The van der Waals surface area contributed by atoms with Gasteiger partial charge in [-0.15, -0.1) is 0 Å². The molecule has 2 heterocycles. The number of aromatic nitrogens is 2. The van der Waals surface area contributed by atoms with Gasteiger partial charge in [0.2, 0.25) is 11.8 Å². The zero-order valence-corrected chi connectivity index (χ0v) is 22.4. The number of carboxylic acid groups (broad SMARTS) is 1. The minimum absolute atomic E-state index is 0.136. The van der Waals surface area contributed by atoms with Gasteiger partial charge in [0.1, 0.15) is 24.7 Å². The largest absolute Gasteiger partial charge is 0.497 e. The van der Waals surface area contributed by atoms with Gasteiger partial charge < -0.3 is 28.8 Å². The first-order valence-corrected chi connectivity index (χ1v) is 12.3. The second-order valence-corrected chi connectivity index (χ2v) is 8.07. The quantitative estimate of drug-likeness (QED) is 0.250. The van der Waals surface area contributed by atoms with Crippen molar-refractivity contribution in [2.75, 3.05) is 20.8 Å². The zero-order chi connectivity index (χ0) is 28.7. The number of benzene rings is 2. The van der Waals surface area contributed by atoms with Crippen molar-refractivity contribution in [2.45, 2.75) is 20.1 Å². The van der Waals surface area contributed by atoms with E-state index in [1.807, 2.05) is 48.5 Å². The summed E-state index contributed by atoms with van der Waals surface area (Å²) in [6.45, 7) is 2.87. The summed E-state index contributed by atoms with van der Waals surface area (Å²) in [5.74, 6) is 1.05. The Morgan fingerprint density at radius 1 is 0.675 bits per heavy atom. The van der Waals surface area contributed by atoms with Crippen LogP contribution >= 0.6 is 0 Å². The number of carbonyl (C=O) groups is 2. The molecule has 0 atom stereocenters. The van der Waals surface area contributed by atoms with Crippen molar-refractivity contribution in [3.8, 4) is 23.3 Å². The van der Waals surface area contributed by atoms with Crippen molar-refractivity contribution in [1.82, 2.24) is 9.97 Å². The van der Waals surface area contributed by atoms with E-state index in [2.05, 4.69) is 9.97 Å². The van der Waals surface area contributed by atoms with Crippen LogP contribution in [0.4, 0.5) is 0 Å². The molecular formula is C30H30N2O8. The van der Waals surface area contributed by atoms with Crippen LogP contribution in [0.2, 0.25) is 0 Å². The van der Waals surface area contributed by atoms with Crippen LogP contribution in [0, 0.1) is 0 Å². The Morgan fingerprint density at radius 2 is 1.12 bits per heavy atom. The molecule has 0 bridgehead atoms. The second-order valence-electron chi connectivity index (χ2n) is 8.07. The minimum Gasteiger partial charge on any atom is -0.497 e. The third-order valence-corrected chi connectivity index (χ3v) is 5.32. The van der Waals surface area contributed by atoms with Gasteiger partial charge in [0.15, 0.2) is 0 Å². The van der Waals surface area contributed by atoms with Gasteiger partial charge in [-0.2, -0.15) is 0 Å². The molecule has 0 aliphatic heterocycles. The number of aromatic carboxylic acids is 1. The highest BCUT2D eigenvalue weighted by Gasteiger charge is 2.07. The summed E-state index contributed by atoms with van der Waals surface area (Å²) in [5.41, 5.74) is 2.53. The number of rotatable bonds is 11. The van der Waals surface area contributed by atoms with E-state index in [1.54, 1.807) is 33.3 Å². The third-order valence-electron chi connectivity index (χ3n) is 5.32. The van der Waals surface area contributed by atoms with Crippen molar-refractivity contribution in [3.63, 3.8) is 0 Å². The summed E-state index contributed by atoms with van der Waals surface area (Å²) in [6, 6.07) is 21.3. The predicted octanol–water partition coefficient (Wildman–Crippen LogP) is 5.21. The first kappa shape index (κ1) is 29.4. The minimum atomic E-state index is -1.01. The number of hydrogen-bond donors (Lipinski definition) is 1. The standard InChI is InChI=1S/C16H17NO4.C14H13NO4/c1-3-20-16(18)13-6-9-15(17-10-13)21-11-12-4-7-14(19-2)8-5-12;1-18-12-5-2-10(3-6-12)9-19-13-7-4-11(8-15-13)14(16)17/h4-10H,3,11H2,1-2H3;2-8H,9H2,1H3,(H,16,17). The van der Waals surface area contributed by atoms with Crippen LogP contribution in [0.5, 0.6) is 23.3 Å². The molecule has 0 aliphatic rings. The Balaban J connectivity index is 0.000000222. The molecule has 0 radical (unpaired) electrons. The number of pyridine rings is 2. The number of hydrogen-bond acceptors (Lipinski definition) is 9. The van der Waals surface area contributed by atoms with Gasteiger partial charge in [-0.1, -0.05) is 24.3 Å². The van der Waals surface area contributed by atoms with E-state index >= 15 is 0 Å². The summed E-state index contributed by atoms with van der Waals surface area (Å²) in [5, 5.41) is 8.74. The summed E-state index contributed by atoms with van der Waals surface area (Å²) in [7, 11) is 3.24. The van der Waals surface area contributed by atoms with Crippen molar-refractivity contribution < 1.29 is 38.4 Å². The maximum absolute atomic E-state index is 11.5. The molecule has 0 saturated carbocycles. The molecule has 4 aromatic rings. The number of nitrogens with zero attached hydrogens (tertiary/aromatic N) is 2. The Kier molecular flexibility index (Phi) is 11.3. The molecule has 10 heteroatoms. The molecule has 0 unspecified atom stereocenters. The van der Waals surface area contributed by atoms with E-state index in [-0.39, 0.29) is 11.5 Å². The molecule has 0 aliphatic carbocycles. The molecule has 0 spiro atoms. The molecule has 208 valence electrons.